The second kappa shape index (κ2) is 6.60. The number of hydrogen-bond donors (Lipinski definition) is 1. The van der Waals surface area contributed by atoms with E-state index < -0.39 is 5.97 Å². The van der Waals surface area contributed by atoms with Gasteiger partial charge in [-0.05, 0) is 31.2 Å². The lowest BCUT2D eigenvalue weighted by Crippen LogP contribution is -2.03. The van der Waals surface area contributed by atoms with E-state index >= 15 is 0 Å². The second-order valence-electron chi connectivity index (χ2n) is 5.45. The number of hydrogen-bond acceptors (Lipinski definition) is 4. The Morgan fingerprint density at radius 3 is 2.60 bits per heavy atom. The van der Waals surface area contributed by atoms with Crippen molar-refractivity contribution in [3.8, 4) is 22.8 Å². The number of carboxylic acid groups (broad SMARTS) is 1. The van der Waals surface area contributed by atoms with Crippen molar-refractivity contribution in [1.29, 1.82) is 0 Å². The molecule has 0 unspecified atom stereocenters. The van der Waals surface area contributed by atoms with Gasteiger partial charge in [0.25, 0.3) is 0 Å². The van der Waals surface area contributed by atoms with Crippen molar-refractivity contribution in [3.05, 3.63) is 66.0 Å². The predicted octanol–water partition coefficient (Wildman–Crippen LogP) is 3.45. The van der Waals surface area contributed by atoms with Crippen LogP contribution in [0.5, 0.6) is 5.75 Å². The molecule has 1 aromatic heterocycles. The third-order valence-corrected chi connectivity index (χ3v) is 3.85. The Kier molecular flexibility index (Phi) is 4.35. The van der Waals surface area contributed by atoms with Crippen LogP contribution in [0.25, 0.3) is 17.1 Å². The van der Waals surface area contributed by atoms with E-state index in [4.69, 9.17) is 9.84 Å². The summed E-state index contributed by atoms with van der Waals surface area (Å²) >= 11 is 0. The van der Waals surface area contributed by atoms with Crippen LogP contribution >= 0.6 is 0 Å². The number of carboxylic acids is 1. The van der Waals surface area contributed by atoms with Gasteiger partial charge in [0.2, 0.25) is 0 Å². The highest BCUT2D eigenvalue weighted by atomic mass is 16.5. The molecule has 2 aromatic carbocycles. The van der Waals surface area contributed by atoms with Crippen LogP contribution in [-0.4, -0.2) is 33.5 Å². The number of carbonyl (C=O) groups is 2. The Bertz CT molecular complexity index is 960. The van der Waals surface area contributed by atoms with Crippen molar-refractivity contribution in [2.24, 2.45) is 0 Å². The van der Waals surface area contributed by atoms with E-state index in [9.17, 15) is 9.59 Å². The molecule has 0 saturated heterocycles. The van der Waals surface area contributed by atoms with Gasteiger partial charge in [-0.15, -0.1) is 0 Å². The molecule has 0 aliphatic carbocycles. The molecule has 0 bridgehead atoms. The number of Topliss-reactive ketones (excluding diaryl/α,β-unsaturated/α-hetero) is 1. The van der Waals surface area contributed by atoms with E-state index in [0.29, 0.717) is 22.8 Å². The highest BCUT2D eigenvalue weighted by Gasteiger charge is 2.15. The van der Waals surface area contributed by atoms with E-state index in [-0.39, 0.29) is 11.3 Å². The van der Waals surface area contributed by atoms with Gasteiger partial charge in [-0.1, -0.05) is 18.2 Å². The number of imidazole rings is 1. The molecule has 1 heterocycles. The third kappa shape index (κ3) is 3.14. The normalized spacial score (nSPS) is 10.5. The van der Waals surface area contributed by atoms with Crippen LogP contribution in [0, 0.1) is 0 Å². The zero-order valence-corrected chi connectivity index (χ0v) is 13.8. The molecule has 0 spiro atoms. The van der Waals surface area contributed by atoms with Crippen LogP contribution in [-0.2, 0) is 0 Å². The quantitative estimate of drug-likeness (QED) is 0.722. The maximum absolute atomic E-state index is 11.6. The standard InChI is InChI=1S/C19H16N2O4/c1-12(22)13-4-3-5-14(10-13)18-20-8-9-21(18)16-7-6-15(19(23)24)11-17(16)25-2/h3-11H,1-2H3,(H,23,24). The first-order valence-corrected chi connectivity index (χ1v) is 7.57. The number of ketones is 1. The molecule has 6 nitrogen and oxygen atoms in total. The zero-order valence-electron chi connectivity index (χ0n) is 13.8. The minimum atomic E-state index is -1.02. The molecule has 1 N–H and O–H groups in total. The summed E-state index contributed by atoms with van der Waals surface area (Å²) in [5.41, 5.74) is 2.18. The molecule has 0 radical (unpaired) electrons. The summed E-state index contributed by atoms with van der Waals surface area (Å²) in [5, 5.41) is 9.13. The van der Waals surface area contributed by atoms with Gasteiger partial charge >= 0.3 is 5.97 Å². The van der Waals surface area contributed by atoms with Crippen molar-refractivity contribution < 1.29 is 19.4 Å². The summed E-state index contributed by atoms with van der Waals surface area (Å²) in [6, 6.07) is 11.8. The molecule has 6 heteroatoms. The fourth-order valence-electron chi connectivity index (χ4n) is 2.60. The van der Waals surface area contributed by atoms with Crippen molar-refractivity contribution in [3.63, 3.8) is 0 Å². The Labute approximate surface area is 144 Å². The Morgan fingerprint density at radius 1 is 1.12 bits per heavy atom. The second-order valence-corrected chi connectivity index (χ2v) is 5.45. The number of methoxy groups -OCH3 is 1. The molecule has 0 fully saturated rings. The topological polar surface area (TPSA) is 81.4 Å². The number of aromatic nitrogens is 2. The number of ether oxygens (including phenoxy) is 1. The molecular weight excluding hydrogens is 320 g/mol. The highest BCUT2D eigenvalue weighted by Crippen LogP contribution is 2.29. The Morgan fingerprint density at radius 2 is 1.92 bits per heavy atom. The van der Waals surface area contributed by atoms with E-state index in [1.165, 1.54) is 26.2 Å². The average Bonchev–Trinajstić information content (AvgIpc) is 3.10. The molecule has 3 aromatic rings. The van der Waals surface area contributed by atoms with Gasteiger partial charge in [0.05, 0.1) is 18.4 Å². The van der Waals surface area contributed by atoms with Gasteiger partial charge < -0.3 is 9.84 Å². The van der Waals surface area contributed by atoms with Crippen LogP contribution in [0.15, 0.2) is 54.9 Å². The third-order valence-electron chi connectivity index (χ3n) is 3.85. The first-order chi connectivity index (χ1) is 12.0. The highest BCUT2D eigenvalue weighted by molar-refractivity contribution is 5.95. The maximum atomic E-state index is 11.6. The van der Waals surface area contributed by atoms with Gasteiger partial charge in [0.1, 0.15) is 11.6 Å². The molecule has 0 aliphatic heterocycles. The van der Waals surface area contributed by atoms with E-state index in [0.717, 1.165) is 5.56 Å². The van der Waals surface area contributed by atoms with Crippen LogP contribution in [0.3, 0.4) is 0 Å². The zero-order chi connectivity index (χ0) is 18.0. The maximum Gasteiger partial charge on any atom is 0.335 e. The molecule has 0 saturated carbocycles. The Hall–Kier alpha value is -3.41. The minimum absolute atomic E-state index is 0.0247. The molecule has 0 atom stereocenters. The summed E-state index contributed by atoms with van der Waals surface area (Å²) < 4.78 is 7.14. The first kappa shape index (κ1) is 16.4. The van der Waals surface area contributed by atoms with Gasteiger partial charge in [-0.2, -0.15) is 0 Å². The predicted molar refractivity (Wildman–Crippen MR) is 92.5 cm³/mol. The van der Waals surface area contributed by atoms with E-state index in [1.54, 1.807) is 41.2 Å². The minimum Gasteiger partial charge on any atom is -0.495 e. The van der Waals surface area contributed by atoms with Gasteiger partial charge in [0.15, 0.2) is 5.78 Å². The van der Waals surface area contributed by atoms with Crippen LogP contribution < -0.4 is 4.74 Å². The number of carbonyl (C=O) groups excluding carboxylic acids is 1. The fourth-order valence-corrected chi connectivity index (χ4v) is 2.60. The molecule has 25 heavy (non-hydrogen) atoms. The number of rotatable bonds is 5. The van der Waals surface area contributed by atoms with Crippen molar-refractivity contribution >= 4 is 11.8 Å². The summed E-state index contributed by atoms with van der Waals surface area (Å²) in [5.74, 6) is -0.000408. The number of benzene rings is 2. The monoisotopic (exact) mass is 336 g/mol. The van der Waals surface area contributed by atoms with Crippen molar-refractivity contribution in [2.45, 2.75) is 6.92 Å². The smallest absolute Gasteiger partial charge is 0.335 e. The lowest BCUT2D eigenvalue weighted by molar-refractivity contribution is 0.0696. The van der Waals surface area contributed by atoms with E-state index in [2.05, 4.69) is 4.98 Å². The van der Waals surface area contributed by atoms with Crippen LogP contribution in [0.4, 0.5) is 0 Å². The first-order valence-electron chi connectivity index (χ1n) is 7.57. The summed E-state index contributed by atoms with van der Waals surface area (Å²) in [6.45, 7) is 1.51. The summed E-state index contributed by atoms with van der Waals surface area (Å²) in [4.78, 5) is 27.1. The SMILES string of the molecule is COc1cc(C(=O)O)ccc1-n1ccnc1-c1cccc(C(C)=O)c1. The average molecular weight is 336 g/mol. The molecule has 0 aliphatic rings. The summed E-state index contributed by atoms with van der Waals surface area (Å²) in [6.07, 6.45) is 3.40. The van der Waals surface area contributed by atoms with Crippen LogP contribution in [0.1, 0.15) is 27.6 Å². The lowest BCUT2D eigenvalue weighted by Gasteiger charge is -2.13. The van der Waals surface area contributed by atoms with Crippen LogP contribution in [0.2, 0.25) is 0 Å². The summed E-state index contributed by atoms with van der Waals surface area (Å²) in [7, 11) is 1.48. The molecule has 126 valence electrons. The van der Waals surface area contributed by atoms with Gasteiger partial charge in [-0.3, -0.25) is 9.36 Å². The van der Waals surface area contributed by atoms with E-state index in [1.807, 2.05) is 6.07 Å². The number of aromatic carboxylic acids is 1. The fraction of sp³-hybridized carbons (Fsp3) is 0.105. The molecular formula is C19H16N2O4. The van der Waals surface area contributed by atoms with Crippen molar-refractivity contribution in [2.75, 3.05) is 7.11 Å². The molecule has 0 amide bonds. The number of nitrogens with zero attached hydrogens (tertiary/aromatic N) is 2. The molecule has 3 rings (SSSR count). The van der Waals surface area contributed by atoms with Gasteiger partial charge in [0, 0.05) is 23.5 Å². The van der Waals surface area contributed by atoms with Crippen molar-refractivity contribution in [1.82, 2.24) is 9.55 Å². The lowest BCUT2D eigenvalue weighted by atomic mass is 10.1. The van der Waals surface area contributed by atoms with Gasteiger partial charge in [-0.25, -0.2) is 9.78 Å². The largest absolute Gasteiger partial charge is 0.495 e. The Balaban J connectivity index is 2.13.